The second-order valence-electron chi connectivity index (χ2n) is 5.03. The molecule has 0 amide bonds. The van der Waals surface area contributed by atoms with Crippen LogP contribution in [0.5, 0.6) is 0 Å². The molecule has 0 spiro atoms. The van der Waals surface area contributed by atoms with Crippen molar-refractivity contribution in [3.8, 4) is 0 Å². The molecule has 1 aliphatic heterocycles. The van der Waals surface area contributed by atoms with Crippen LogP contribution in [0, 0.1) is 0 Å². The van der Waals surface area contributed by atoms with Crippen LogP contribution in [0.15, 0.2) is 78.4 Å². The molecule has 3 rings (SSSR count). The molecule has 0 saturated carbocycles. The Balaban J connectivity index is 1.74. The Morgan fingerprint density at radius 2 is 1.67 bits per heavy atom. The summed E-state index contributed by atoms with van der Waals surface area (Å²) in [6.45, 7) is 0.455. The average molecular weight is 296 g/mol. The lowest BCUT2D eigenvalue weighted by atomic mass is 10.0. The van der Waals surface area contributed by atoms with E-state index in [0.717, 1.165) is 5.56 Å². The number of hydrogen-bond donors (Lipinski definition) is 0. The van der Waals surface area contributed by atoms with Crippen molar-refractivity contribution in [3.63, 3.8) is 0 Å². The van der Waals surface area contributed by atoms with Gasteiger partial charge in [-0.2, -0.15) is 0 Å². The minimum absolute atomic E-state index is 0.179. The summed E-state index contributed by atoms with van der Waals surface area (Å²) in [5.74, 6) is 3.58. The third kappa shape index (κ3) is 3.60. The van der Waals surface area contributed by atoms with E-state index in [1.807, 2.05) is 60.7 Å². The van der Waals surface area contributed by atoms with Gasteiger partial charge < -0.3 is 4.52 Å². The summed E-state index contributed by atoms with van der Waals surface area (Å²) in [5, 5.41) is 0. The first kappa shape index (κ1) is 14.1. The molecule has 106 valence electrons. The van der Waals surface area contributed by atoms with Gasteiger partial charge in [-0.15, -0.1) is 0 Å². The predicted molar refractivity (Wildman–Crippen MR) is 87.4 cm³/mol. The average Bonchev–Trinajstić information content (AvgIpc) is 2.56. The highest BCUT2D eigenvalue weighted by Gasteiger charge is 2.23. The van der Waals surface area contributed by atoms with Gasteiger partial charge in [0.1, 0.15) is 0 Å². The summed E-state index contributed by atoms with van der Waals surface area (Å²) in [4.78, 5) is 0. The summed E-state index contributed by atoms with van der Waals surface area (Å²) >= 11 is 0. The monoisotopic (exact) mass is 296 g/mol. The highest BCUT2D eigenvalue weighted by atomic mass is 31.2. The van der Waals surface area contributed by atoms with Crippen molar-refractivity contribution >= 4 is 13.4 Å². The lowest BCUT2D eigenvalue weighted by molar-refractivity contribution is 0.308. The Bertz CT molecular complexity index is 690. The Morgan fingerprint density at radius 1 is 1.00 bits per heavy atom. The molecular formula is C18H17O2P. The number of benzene rings is 2. The summed E-state index contributed by atoms with van der Waals surface area (Å²) in [6.07, 6.45) is 3.85. The third-order valence-corrected chi connectivity index (χ3v) is 5.19. The first-order chi connectivity index (χ1) is 10.3. The van der Waals surface area contributed by atoms with Crippen molar-refractivity contribution in [3.05, 3.63) is 89.5 Å². The molecular weight excluding hydrogens is 279 g/mol. The largest absolute Gasteiger partial charge is 0.322 e. The molecule has 2 aromatic rings. The molecule has 0 aromatic heterocycles. The van der Waals surface area contributed by atoms with Crippen LogP contribution in [0.3, 0.4) is 0 Å². The van der Waals surface area contributed by atoms with E-state index in [2.05, 4.69) is 12.1 Å². The normalized spacial score (nSPS) is 25.2. The van der Waals surface area contributed by atoms with Gasteiger partial charge in [0.25, 0.3) is 0 Å². The fourth-order valence-electron chi connectivity index (χ4n) is 2.27. The smallest absolute Gasteiger partial charge is 0.247 e. The van der Waals surface area contributed by atoms with Crippen LogP contribution in [-0.2, 0) is 9.09 Å². The van der Waals surface area contributed by atoms with Crippen molar-refractivity contribution in [2.75, 3.05) is 6.61 Å². The molecule has 0 radical (unpaired) electrons. The summed E-state index contributed by atoms with van der Waals surface area (Å²) in [6, 6.07) is 20.0. The number of hydrogen-bond acceptors (Lipinski definition) is 2. The zero-order valence-corrected chi connectivity index (χ0v) is 12.5. The van der Waals surface area contributed by atoms with Gasteiger partial charge in [-0.1, -0.05) is 66.7 Å². The third-order valence-electron chi connectivity index (χ3n) is 3.48. The summed E-state index contributed by atoms with van der Waals surface area (Å²) in [5.41, 5.74) is 2.21. The predicted octanol–water partition coefficient (Wildman–Crippen LogP) is 5.26. The SMILES string of the molecule is O=[P@@]1(/C=C/c2ccccc2)C=C[C@@H](c2ccccc2)CO1. The summed E-state index contributed by atoms with van der Waals surface area (Å²) < 4.78 is 18.2. The maximum absolute atomic E-state index is 12.6. The first-order valence-electron chi connectivity index (χ1n) is 6.98. The second-order valence-corrected chi connectivity index (χ2v) is 7.17. The maximum atomic E-state index is 12.6. The topological polar surface area (TPSA) is 26.3 Å². The van der Waals surface area contributed by atoms with E-state index < -0.39 is 7.37 Å². The molecule has 2 nitrogen and oxygen atoms in total. The maximum Gasteiger partial charge on any atom is 0.247 e. The van der Waals surface area contributed by atoms with E-state index in [-0.39, 0.29) is 5.92 Å². The van der Waals surface area contributed by atoms with Crippen LogP contribution in [0.2, 0.25) is 0 Å². The van der Waals surface area contributed by atoms with Crippen molar-refractivity contribution < 1.29 is 9.09 Å². The fourth-order valence-corrected chi connectivity index (χ4v) is 3.77. The Kier molecular flexibility index (Phi) is 4.19. The molecule has 1 heterocycles. The Labute approximate surface area is 125 Å². The van der Waals surface area contributed by atoms with Crippen molar-refractivity contribution in [1.29, 1.82) is 0 Å². The van der Waals surface area contributed by atoms with Crippen LogP contribution < -0.4 is 0 Å². The van der Waals surface area contributed by atoms with Gasteiger partial charge in [0.05, 0.1) is 6.61 Å². The molecule has 3 heteroatoms. The van der Waals surface area contributed by atoms with Crippen LogP contribution in [0.4, 0.5) is 0 Å². The van der Waals surface area contributed by atoms with Gasteiger partial charge in [-0.25, -0.2) is 0 Å². The molecule has 0 N–H and O–H groups in total. The van der Waals surface area contributed by atoms with Gasteiger partial charge in [0.2, 0.25) is 7.37 Å². The molecule has 0 aliphatic carbocycles. The van der Waals surface area contributed by atoms with E-state index in [1.54, 1.807) is 11.6 Å². The van der Waals surface area contributed by atoms with E-state index in [4.69, 9.17) is 4.52 Å². The van der Waals surface area contributed by atoms with Gasteiger partial charge in [0.15, 0.2) is 0 Å². The molecule has 2 atom stereocenters. The Hall–Kier alpha value is -1.89. The van der Waals surface area contributed by atoms with Crippen LogP contribution in [-0.4, -0.2) is 6.61 Å². The second kappa shape index (κ2) is 6.26. The van der Waals surface area contributed by atoms with Gasteiger partial charge in [0, 0.05) is 17.6 Å². The molecule has 21 heavy (non-hydrogen) atoms. The van der Waals surface area contributed by atoms with E-state index in [1.165, 1.54) is 5.56 Å². The van der Waals surface area contributed by atoms with E-state index in [9.17, 15) is 4.57 Å². The lowest BCUT2D eigenvalue weighted by Crippen LogP contribution is -2.07. The molecule has 0 saturated heterocycles. The van der Waals surface area contributed by atoms with Gasteiger partial charge in [-0.3, -0.25) is 4.57 Å². The minimum atomic E-state index is -2.80. The quantitative estimate of drug-likeness (QED) is 0.722. The van der Waals surface area contributed by atoms with Gasteiger partial charge in [-0.05, 0) is 17.2 Å². The lowest BCUT2D eigenvalue weighted by Gasteiger charge is -2.22. The number of rotatable bonds is 3. The highest BCUT2D eigenvalue weighted by molar-refractivity contribution is 7.65. The van der Waals surface area contributed by atoms with E-state index >= 15 is 0 Å². The molecule has 0 unspecified atom stereocenters. The summed E-state index contributed by atoms with van der Waals surface area (Å²) in [7, 11) is -2.80. The molecule has 0 bridgehead atoms. The van der Waals surface area contributed by atoms with Crippen LogP contribution in [0.25, 0.3) is 6.08 Å². The zero-order valence-electron chi connectivity index (χ0n) is 11.6. The van der Waals surface area contributed by atoms with Crippen molar-refractivity contribution in [2.24, 2.45) is 0 Å². The fraction of sp³-hybridized carbons (Fsp3) is 0.111. The van der Waals surface area contributed by atoms with E-state index in [0.29, 0.717) is 6.61 Å². The first-order valence-corrected chi connectivity index (χ1v) is 8.74. The molecule has 1 aliphatic rings. The Morgan fingerprint density at radius 3 is 2.29 bits per heavy atom. The van der Waals surface area contributed by atoms with Crippen molar-refractivity contribution in [1.82, 2.24) is 0 Å². The van der Waals surface area contributed by atoms with Crippen LogP contribution in [0.1, 0.15) is 17.0 Å². The highest BCUT2D eigenvalue weighted by Crippen LogP contribution is 2.54. The molecule has 0 fully saturated rings. The van der Waals surface area contributed by atoms with Crippen LogP contribution >= 0.6 is 7.37 Å². The zero-order chi connectivity index (χ0) is 14.5. The molecule has 2 aromatic carbocycles. The minimum Gasteiger partial charge on any atom is -0.322 e. The van der Waals surface area contributed by atoms with Crippen molar-refractivity contribution in [2.45, 2.75) is 5.92 Å². The van der Waals surface area contributed by atoms with Gasteiger partial charge >= 0.3 is 0 Å². The standard InChI is InChI=1S/C18H17O2P/c19-21(13-11-16-7-3-1-4-8-16)14-12-18(15-20-21)17-9-5-2-6-10-17/h1-14,18H,15H2/b13-11+/t18-,21-/m1/s1.